The van der Waals surface area contributed by atoms with Crippen molar-refractivity contribution < 1.29 is 4.79 Å². The Morgan fingerprint density at radius 2 is 2.35 bits per heavy atom. The third kappa shape index (κ3) is 2.84. The number of rotatable bonds is 2. The van der Waals surface area contributed by atoms with Crippen molar-refractivity contribution in [3.63, 3.8) is 0 Å². The minimum Gasteiger partial charge on any atom is -0.316 e. The fraction of sp³-hybridized carbons (Fsp3) is 0.500. The van der Waals surface area contributed by atoms with E-state index in [0.717, 1.165) is 23.1 Å². The number of pyridine rings is 1. The van der Waals surface area contributed by atoms with Gasteiger partial charge in [-0.25, -0.2) is 4.98 Å². The number of nitrogens with zero attached hydrogens (tertiary/aromatic N) is 1. The fourth-order valence-corrected chi connectivity index (χ4v) is 2.20. The zero-order chi connectivity index (χ0) is 12.4. The van der Waals surface area contributed by atoms with Crippen molar-refractivity contribution in [3.05, 3.63) is 22.3 Å². The summed E-state index contributed by atoms with van der Waals surface area (Å²) in [4.78, 5) is 16.2. The average Bonchev–Trinajstić information content (AvgIpc) is 2.70. The first kappa shape index (κ1) is 12.5. The van der Waals surface area contributed by atoms with E-state index in [1.807, 2.05) is 13.0 Å². The summed E-state index contributed by atoms with van der Waals surface area (Å²) in [6.07, 6.45) is 1.71. The Labute approximate surface area is 109 Å². The number of carbonyl (C=O) groups excluding carboxylic acids is 1. The van der Waals surface area contributed by atoms with E-state index < -0.39 is 0 Å². The molecule has 2 rings (SSSR count). The van der Waals surface area contributed by atoms with Crippen LogP contribution in [0.2, 0.25) is 0 Å². The Bertz CT molecular complexity index is 436. The zero-order valence-corrected chi connectivity index (χ0v) is 11.5. The third-order valence-electron chi connectivity index (χ3n) is 3.15. The van der Waals surface area contributed by atoms with Gasteiger partial charge in [-0.3, -0.25) is 4.79 Å². The first-order valence-electron chi connectivity index (χ1n) is 5.71. The summed E-state index contributed by atoms with van der Waals surface area (Å²) in [6, 6.07) is 1.87. The molecule has 1 fully saturated rings. The van der Waals surface area contributed by atoms with Crippen molar-refractivity contribution >= 4 is 27.7 Å². The highest BCUT2D eigenvalue weighted by Crippen LogP contribution is 2.20. The third-order valence-corrected chi connectivity index (χ3v) is 3.98. The lowest BCUT2D eigenvalue weighted by Crippen LogP contribution is -2.28. The lowest BCUT2D eigenvalue weighted by Gasteiger charge is -2.14. The van der Waals surface area contributed by atoms with E-state index in [4.69, 9.17) is 0 Å². The molecule has 1 aromatic heterocycles. The molecule has 0 saturated carbocycles. The molecule has 0 unspecified atom stereocenters. The molecule has 0 aromatic carbocycles. The van der Waals surface area contributed by atoms with Gasteiger partial charge in [0.2, 0.25) is 5.91 Å². The predicted molar refractivity (Wildman–Crippen MR) is 70.8 cm³/mol. The molecule has 4 nitrogen and oxygen atoms in total. The summed E-state index contributed by atoms with van der Waals surface area (Å²) in [7, 11) is 0. The van der Waals surface area contributed by atoms with Gasteiger partial charge < -0.3 is 10.6 Å². The average molecular weight is 298 g/mol. The first-order chi connectivity index (χ1) is 8.08. The molecule has 1 amide bonds. The Balaban J connectivity index is 2.05. The smallest absolute Gasteiger partial charge is 0.230 e. The number of halogens is 1. The molecule has 0 spiro atoms. The number of amides is 1. The van der Waals surface area contributed by atoms with Crippen LogP contribution in [-0.4, -0.2) is 24.0 Å². The Morgan fingerprint density at radius 1 is 1.59 bits per heavy atom. The van der Waals surface area contributed by atoms with E-state index in [1.165, 1.54) is 0 Å². The highest BCUT2D eigenvalue weighted by molar-refractivity contribution is 9.10. The molecule has 17 heavy (non-hydrogen) atoms. The second-order valence-corrected chi connectivity index (χ2v) is 5.40. The van der Waals surface area contributed by atoms with Crippen molar-refractivity contribution in [2.75, 3.05) is 18.4 Å². The summed E-state index contributed by atoms with van der Waals surface area (Å²) in [5.74, 6) is 1.10. The molecule has 2 N–H and O–H groups in total. The van der Waals surface area contributed by atoms with Crippen LogP contribution in [0.5, 0.6) is 0 Å². The number of carbonyl (C=O) groups is 1. The van der Waals surface area contributed by atoms with Crippen molar-refractivity contribution in [2.24, 2.45) is 11.8 Å². The molecule has 1 aliphatic heterocycles. The van der Waals surface area contributed by atoms with Crippen molar-refractivity contribution in [2.45, 2.75) is 13.8 Å². The van der Waals surface area contributed by atoms with Gasteiger partial charge in [0.25, 0.3) is 0 Å². The Kier molecular flexibility index (Phi) is 3.79. The van der Waals surface area contributed by atoms with Gasteiger partial charge >= 0.3 is 0 Å². The molecule has 2 heterocycles. The monoisotopic (exact) mass is 297 g/mol. The number of aryl methyl sites for hydroxylation is 1. The maximum absolute atomic E-state index is 12.0. The predicted octanol–water partition coefficient (Wildman–Crippen LogP) is 1.95. The van der Waals surface area contributed by atoms with Gasteiger partial charge in [-0.15, -0.1) is 0 Å². The molecular formula is C12H16BrN3O. The van der Waals surface area contributed by atoms with Crippen LogP contribution in [0.15, 0.2) is 16.7 Å². The maximum Gasteiger partial charge on any atom is 0.230 e. The highest BCUT2D eigenvalue weighted by Gasteiger charge is 2.29. The van der Waals surface area contributed by atoms with Crippen LogP contribution in [0.25, 0.3) is 0 Å². The van der Waals surface area contributed by atoms with Gasteiger partial charge in [0.1, 0.15) is 5.82 Å². The lowest BCUT2D eigenvalue weighted by molar-refractivity contribution is -0.120. The highest BCUT2D eigenvalue weighted by atomic mass is 79.9. The van der Waals surface area contributed by atoms with Crippen LogP contribution in [0.4, 0.5) is 5.82 Å². The number of anilines is 1. The zero-order valence-electron chi connectivity index (χ0n) is 9.96. The molecule has 1 saturated heterocycles. The standard InChI is InChI=1S/C12H16BrN3O/c1-7-3-11(15-6-10(7)13)16-12(17)9-5-14-4-8(9)2/h3,6,8-9,14H,4-5H2,1-2H3,(H,15,16,17)/t8-,9-/m1/s1. The minimum absolute atomic E-state index is 0.0424. The lowest BCUT2D eigenvalue weighted by atomic mass is 9.97. The summed E-state index contributed by atoms with van der Waals surface area (Å²) in [5.41, 5.74) is 1.06. The molecule has 5 heteroatoms. The molecular weight excluding hydrogens is 282 g/mol. The van der Waals surface area contributed by atoms with Crippen molar-refractivity contribution in [1.82, 2.24) is 10.3 Å². The Hall–Kier alpha value is -0.940. The quantitative estimate of drug-likeness (QED) is 0.877. The van der Waals surface area contributed by atoms with Gasteiger partial charge in [-0.1, -0.05) is 6.92 Å². The number of hydrogen-bond donors (Lipinski definition) is 2. The molecule has 0 bridgehead atoms. The number of hydrogen-bond acceptors (Lipinski definition) is 3. The van der Waals surface area contributed by atoms with Crippen LogP contribution < -0.4 is 10.6 Å². The van der Waals surface area contributed by atoms with E-state index in [9.17, 15) is 4.79 Å². The van der Waals surface area contributed by atoms with E-state index in [1.54, 1.807) is 6.20 Å². The first-order valence-corrected chi connectivity index (χ1v) is 6.51. The number of nitrogens with one attached hydrogen (secondary N) is 2. The van der Waals surface area contributed by atoms with E-state index >= 15 is 0 Å². The minimum atomic E-state index is 0.0424. The van der Waals surface area contributed by atoms with Gasteiger partial charge in [0.15, 0.2) is 0 Å². The van der Waals surface area contributed by atoms with Crippen molar-refractivity contribution in [1.29, 1.82) is 0 Å². The van der Waals surface area contributed by atoms with Gasteiger partial charge in [-0.05, 0) is 46.9 Å². The molecule has 0 aliphatic carbocycles. The van der Waals surface area contributed by atoms with Gasteiger partial charge in [0.05, 0.1) is 5.92 Å². The Morgan fingerprint density at radius 3 is 2.94 bits per heavy atom. The van der Waals surface area contributed by atoms with Gasteiger partial charge in [0, 0.05) is 17.2 Å². The summed E-state index contributed by atoms with van der Waals surface area (Å²) < 4.78 is 0.950. The molecule has 92 valence electrons. The summed E-state index contributed by atoms with van der Waals surface area (Å²) >= 11 is 3.39. The largest absolute Gasteiger partial charge is 0.316 e. The van der Waals surface area contributed by atoms with Gasteiger partial charge in [-0.2, -0.15) is 0 Å². The van der Waals surface area contributed by atoms with Crippen LogP contribution in [0.3, 0.4) is 0 Å². The topological polar surface area (TPSA) is 54.0 Å². The second kappa shape index (κ2) is 5.14. The number of aromatic nitrogens is 1. The molecule has 1 aliphatic rings. The summed E-state index contributed by atoms with van der Waals surface area (Å²) in [6.45, 7) is 5.72. The van der Waals surface area contributed by atoms with Crippen LogP contribution in [0.1, 0.15) is 12.5 Å². The van der Waals surface area contributed by atoms with E-state index in [2.05, 4.69) is 38.5 Å². The SMILES string of the molecule is Cc1cc(NC(=O)[C@@H]2CNC[C@H]2C)ncc1Br. The normalized spacial score (nSPS) is 23.7. The van der Waals surface area contributed by atoms with Crippen LogP contribution in [0, 0.1) is 18.8 Å². The molecule has 2 atom stereocenters. The van der Waals surface area contributed by atoms with Crippen molar-refractivity contribution in [3.8, 4) is 0 Å². The summed E-state index contributed by atoms with van der Waals surface area (Å²) in [5, 5.41) is 6.09. The maximum atomic E-state index is 12.0. The van der Waals surface area contributed by atoms with Crippen LogP contribution >= 0.6 is 15.9 Å². The second-order valence-electron chi connectivity index (χ2n) is 4.55. The van der Waals surface area contributed by atoms with E-state index in [0.29, 0.717) is 11.7 Å². The molecule has 0 radical (unpaired) electrons. The van der Waals surface area contributed by atoms with E-state index in [-0.39, 0.29) is 11.8 Å². The van der Waals surface area contributed by atoms with Crippen LogP contribution in [-0.2, 0) is 4.79 Å². The molecule has 1 aromatic rings. The fourth-order valence-electron chi connectivity index (χ4n) is 1.99.